The maximum Gasteiger partial charge on any atom is 0.337 e. The van der Waals surface area contributed by atoms with Gasteiger partial charge in [0.2, 0.25) is 5.91 Å². The first kappa shape index (κ1) is 19.8. The second-order valence-electron chi connectivity index (χ2n) is 7.12. The summed E-state index contributed by atoms with van der Waals surface area (Å²) in [5.74, 6) is -0.158. The molecule has 0 rings (SSSR count). The fourth-order valence-electron chi connectivity index (χ4n) is 2.21. The zero-order valence-electron chi connectivity index (χ0n) is 14.3. The van der Waals surface area contributed by atoms with Crippen molar-refractivity contribution in [2.24, 2.45) is 0 Å². The molecule has 0 aliphatic rings. The van der Waals surface area contributed by atoms with Gasteiger partial charge in [-0.3, -0.25) is 4.79 Å². The van der Waals surface area contributed by atoms with E-state index in [1.54, 1.807) is 0 Å². The van der Waals surface area contributed by atoms with Crippen LogP contribution in [0.15, 0.2) is 12.7 Å². The third-order valence-corrected chi connectivity index (χ3v) is 12.5. The van der Waals surface area contributed by atoms with Crippen molar-refractivity contribution in [2.45, 2.75) is 64.8 Å². The Morgan fingerprint density at radius 2 is 1.50 bits per heavy atom. The molecule has 0 saturated heterocycles. The summed E-state index contributed by atoms with van der Waals surface area (Å²) in [7, 11) is -5.99. The molecule has 7 heteroatoms. The van der Waals surface area contributed by atoms with Crippen LogP contribution in [0.2, 0.25) is 45.8 Å². The van der Waals surface area contributed by atoms with Gasteiger partial charge in [0.1, 0.15) is 0 Å². The molecule has 1 N–H and O–H groups in total. The SMILES string of the molecule is C=CC(=O)NC(CC)[Si](C)(O[Si](C)(C)C)O[Si](C)(C)C. The molecule has 1 atom stereocenters. The van der Waals surface area contributed by atoms with Gasteiger partial charge in [0.05, 0.1) is 5.67 Å². The van der Waals surface area contributed by atoms with Crippen molar-refractivity contribution in [3.05, 3.63) is 12.7 Å². The summed E-state index contributed by atoms with van der Waals surface area (Å²) in [6.45, 7) is 20.6. The van der Waals surface area contributed by atoms with Crippen LogP contribution >= 0.6 is 0 Å². The normalized spacial score (nSPS) is 14.8. The highest BCUT2D eigenvalue weighted by molar-refractivity contribution is 6.88. The van der Waals surface area contributed by atoms with E-state index in [0.717, 1.165) is 6.42 Å². The highest BCUT2D eigenvalue weighted by Gasteiger charge is 2.46. The Labute approximate surface area is 127 Å². The Morgan fingerprint density at radius 3 is 1.75 bits per heavy atom. The highest BCUT2D eigenvalue weighted by Crippen LogP contribution is 2.25. The van der Waals surface area contributed by atoms with E-state index in [-0.39, 0.29) is 11.6 Å². The van der Waals surface area contributed by atoms with Gasteiger partial charge >= 0.3 is 8.56 Å². The fourth-order valence-corrected chi connectivity index (χ4v) is 14.8. The molecule has 118 valence electrons. The number of amides is 1. The quantitative estimate of drug-likeness (QED) is 0.547. The molecule has 0 radical (unpaired) electrons. The van der Waals surface area contributed by atoms with E-state index in [1.807, 2.05) is 0 Å². The van der Waals surface area contributed by atoms with Crippen molar-refractivity contribution in [1.82, 2.24) is 5.32 Å². The standard InChI is InChI=1S/C13H31NO3Si3/c1-10-12(15)14-13(11-2)20(9,16-18(3,4)5)17-19(6,7)8/h10,13H,1,11H2,2-9H3,(H,14,15). The van der Waals surface area contributed by atoms with Crippen molar-refractivity contribution in [3.8, 4) is 0 Å². The number of rotatable bonds is 8. The molecule has 4 nitrogen and oxygen atoms in total. The van der Waals surface area contributed by atoms with Crippen molar-refractivity contribution < 1.29 is 13.0 Å². The summed E-state index contributed by atoms with van der Waals surface area (Å²) in [6.07, 6.45) is 2.11. The molecule has 0 heterocycles. The van der Waals surface area contributed by atoms with Crippen LogP contribution in [0.4, 0.5) is 0 Å². The number of hydrogen-bond donors (Lipinski definition) is 1. The van der Waals surface area contributed by atoms with Crippen LogP contribution in [0.1, 0.15) is 13.3 Å². The molecule has 0 aromatic carbocycles. The number of nitrogens with one attached hydrogen (secondary N) is 1. The maximum absolute atomic E-state index is 11.7. The van der Waals surface area contributed by atoms with Crippen LogP contribution < -0.4 is 5.32 Å². The fraction of sp³-hybridized carbons (Fsp3) is 0.769. The van der Waals surface area contributed by atoms with Gasteiger partial charge in [0, 0.05) is 0 Å². The molecule has 0 aliphatic carbocycles. The largest absolute Gasteiger partial charge is 0.435 e. The maximum atomic E-state index is 11.7. The molecule has 0 aliphatic heterocycles. The van der Waals surface area contributed by atoms with Gasteiger partial charge in [0.25, 0.3) is 0 Å². The lowest BCUT2D eigenvalue weighted by molar-refractivity contribution is -0.116. The summed E-state index contributed by atoms with van der Waals surface area (Å²) < 4.78 is 12.9. The van der Waals surface area contributed by atoms with Gasteiger partial charge in [-0.15, -0.1) is 0 Å². The average Bonchev–Trinajstić information content (AvgIpc) is 2.19. The molecule has 0 aromatic rings. The Morgan fingerprint density at radius 1 is 1.10 bits per heavy atom. The smallest absolute Gasteiger partial charge is 0.337 e. The van der Waals surface area contributed by atoms with Gasteiger partial charge in [-0.2, -0.15) is 0 Å². The average molecular weight is 334 g/mol. The van der Waals surface area contributed by atoms with Crippen LogP contribution in [-0.4, -0.2) is 36.8 Å². The second kappa shape index (κ2) is 7.17. The summed E-state index contributed by atoms with van der Waals surface area (Å²) in [6, 6.07) is 0. The van der Waals surface area contributed by atoms with E-state index in [1.165, 1.54) is 6.08 Å². The zero-order valence-corrected chi connectivity index (χ0v) is 17.3. The predicted molar refractivity (Wildman–Crippen MR) is 92.9 cm³/mol. The first-order chi connectivity index (χ1) is 8.83. The first-order valence-corrected chi connectivity index (χ1v) is 16.4. The molecule has 0 fully saturated rings. The highest BCUT2D eigenvalue weighted by atomic mass is 28.5. The van der Waals surface area contributed by atoms with Gasteiger partial charge in [0.15, 0.2) is 16.6 Å². The molecule has 1 unspecified atom stereocenters. The van der Waals surface area contributed by atoms with Gasteiger partial charge in [-0.25, -0.2) is 0 Å². The van der Waals surface area contributed by atoms with Crippen molar-refractivity contribution in [2.75, 3.05) is 0 Å². The molecule has 0 saturated carbocycles. The van der Waals surface area contributed by atoms with Crippen LogP contribution in [-0.2, 0) is 13.0 Å². The van der Waals surface area contributed by atoms with Crippen LogP contribution in [0.3, 0.4) is 0 Å². The van der Waals surface area contributed by atoms with E-state index in [0.29, 0.717) is 0 Å². The Bertz CT molecular complexity index is 332. The Balaban J connectivity index is 5.35. The monoisotopic (exact) mass is 333 g/mol. The molecule has 0 aromatic heterocycles. The summed E-state index contributed by atoms with van der Waals surface area (Å²) in [5.41, 5.74) is -0.0496. The molecule has 0 bridgehead atoms. The van der Waals surface area contributed by atoms with Crippen molar-refractivity contribution in [3.63, 3.8) is 0 Å². The number of carbonyl (C=O) groups is 1. The summed E-state index contributed by atoms with van der Waals surface area (Å²) >= 11 is 0. The lowest BCUT2D eigenvalue weighted by Crippen LogP contribution is -2.64. The topological polar surface area (TPSA) is 47.6 Å². The lowest BCUT2D eigenvalue weighted by atomic mass is 10.4. The van der Waals surface area contributed by atoms with Gasteiger partial charge in [-0.1, -0.05) is 13.5 Å². The summed E-state index contributed by atoms with van der Waals surface area (Å²) in [4.78, 5) is 11.7. The molecular formula is C13H31NO3Si3. The van der Waals surface area contributed by atoms with Crippen LogP contribution in [0, 0.1) is 0 Å². The van der Waals surface area contributed by atoms with Gasteiger partial charge in [-0.05, 0) is 58.3 Å². The third kappa shape index (κ3) is 7.53. The minimum atomic E-state index is -2.49. The zero-order chi connectivity index (χ0) is 16.2. The molecule has 20 heavy (non-hydrogen) atoms. The molecule has 1 amide bonds. The third-order valence-electron chi connectivity index (χ3n) is 2.56. The molecular weight excluding hydrogens is 302 g/mol. The van der Waals surface area contributed by atoms with E-state index < -0.39 is 25.2 Å². The number of carbonyl (C=O) groups excluding carboxylic acids is 1. The lowest BCUT2D eigenvalue weighted by Gasteiger charge is -2.42. The minimum absolute atomic E-state index is 0.0496. The summed E-state index contributed by atoms with van der Waals surface area (Å²) in [5, 5.41) is 3.00. The van der Waals surface area contributed by atoms with Crippen molar-refractivity contribution >= 4 is 31.1 Å². The first-order valence-electron chi connectivity index (χ1n) is 7.16. The van der Waals surface area contributed by atoms with E-state index in [9.17, 15) is 4.79 Å². The Hall–Kier alpha value is -0.219. The predicted octanol–water partition coefficient (Wildman–Crippen LogP) is 3.38. The Kier molecular flexibility index (Phi) is 7.09. The minimum Gasteiger partial charge on any atom is -0.435 e. The van der Waals surface area contributed by atoms with Gasteiger partial charge < -0.3 is 13.5 Å². The van der Waals surface area contributed by atoms with Crippen LogP contribution in [0.25, 0.3) is 0 Å². The van der Waals surface area contributed by atoms with E-state index >= 15 is 0 Å². The molecule has 0 spiro atoms. The van der Waals surface area contributed by atoms with Crippen molar-refractivity contribution in [1.29, 1.82) is 0 Å². The second-order valence-corrected chi connectivity index (χ2v) is 19.9. The van der Waals surface area contributed by atoms with E-state index in [2.05, 4.69) is 64.6 Å². The van der Waals surface area contributed by atoms with Crippen LogP contribution in [0.5, 0.6) is 0 Å². The number of hydrogen-bond acceptors (Lipinski definition) is 3. The van der Waals surface area contributed by atoms with E-state index in [4.69, 9.17) is 8.23 Å².